The molecule has 0 bridgehead atoms. The summed E-state index contributed by atoms with van der Waals surface area (Å²) < 4.78 is 12.5. The molecule has 7 heteroatoms. The zero-order chi connectivity index (χ0) is 26.9. The van der Waals surface area contributed by atoms with E-state index in [9.17, 15) is 14.7 Å². The molecule has 2 aromatic heterocycles. The number of hydrogen-bond acceptors (Lipinski definition) is 6. The quantitative estimate of drug-likeness (QED) is 0.332. The van der Waals surface area contributed by atoms with E-state index < -0.39 is 11.5 Å². The molecule has 3 aromatic rings. The third-order valence-electron chi connectivity index (χ3n) is 7.09. The third kappa shape index (κ3) is 4.99. The van der Waals surface area contributed by atoms with Crippen molar-refractivity contribution in [1.82, 2.24) is 9.55 Å². The monoisotopic (exact) mass is 504 g/mol. The molecule has 196 valence electrons. The maximum Gasteiger partial charge on any atom is 0.347 e. The van der Waals surface area contributed by atoms with E-state index >= 15 is 0 Å². The topological polar surface area (TPSA) is 90.7 Å². The number of unbranched alkanes of at least 4 members (excludes halogenated alkanes) is 1. The van der Waals surface area contributed by atoms with Gasteiger partial charge in [0.05, 0.1) is 37.3 Å². The first-order valence-corrected chi connectivity index (χ1v) is 12.8. The first-order chi connectivity index (χ1) is 17.6. The first kappa shape index (κ1) is 26.5. The van der Waals surface area contributed by atoms with E-state index in [-0.39, 0.29) is 29.2 Å². The second kappa shape index (κ2) is 10.4. The lowest BCUT2D eigenvalue weighted by atomic mass is 9.69. The van der Waals surface area contributed by atoms with Gasteiger partial charge in [0.2, 0.25) is 0 Å². The molecule has 4 rings (SSSR count). The van der Waals surface area contributed by atoms with Gasteiger partial charge in [0, 0.05) is 5.56 Å². The number of aromatic hydroxyl groups is 1. The smallest absolute Gasteiger partial charge is 0.347 e. The van der Waals surface area contributed by atoms with Crippen LogP contribution in [0.25, 0.3) is 11.4 Å². The lowest BCUT2D eigenvalue weighted by Crippen LogP contribution is -2.35. The highest BCUT2D eigenvalue weighted by Crippen LogP contribution is 2.51. The summed E-state index contributed by atoms with van der Waals surface area (Å²) >= 11 is 0. The van der Waals surface area contributed by atoms with Crippen molar-refractivity contribution < 1.29 is 19.4 Å². The molecular weight excluding hydrogens is 468 g/mol. The van der Waals surface area contributed by atoms with E-state index in [1.165, 1.54) is 7.11 Å². The van der Waals surface area contributed by atoms with Crippen LogP contribution in [0.2, 0.25) is 0 Å². The maximum atomic E-state index is 13.8. The van der Waals surface area contributed by atoms with E-state index in [0.29, 0.717) is 35.7 Å². The second-order valence-corrected chi connectivity index (χ2v) is 10.8. The van der Waals surface area contributed by atoms with Crippen molar-refractivity contribution in [3.05, 3.63) is 74.7 Å². The third-order valence-corrected chi connectivity index (χ3v) is 7.09. The Hall–Kier alpha value is -3.61. The van der Waals surface area contributed by atoms with Crippen molar-refractivity contribution in [2.75, 3.05) is 13.7 Å². The zero-order valence-corrected chi connectivity index (χ0v) is 22.6. The predicted molar refractivity (Wildman–Crippen MR) is 144 cm³/mol. The number of ether oxygens (including phenoxy) is 2. The van der Waals surface area contributed by atoms with Crippen LogP contribution in [-0.4, -0.2) is 34.3 Å². The minimum absolute atomic E-state index is 0.186. The van der Waals surface area contributed by atoms with Crippen LogP contribution in [0.5, 0.6) is 11.5 Å². The van der Waals surface area contributed by atoms with Crippen LogP contribution in [0.15, 0.2) is 41.2 Å². The van der Waals surface area contributed by atoms with Crippen LogP contribution in [0.4, 0.5) is 0 Å². The van der Waals surface area contributed by atoms with Crippen molar-refractivity contribution in [3.63, 3.8) is 0 Å². The van der Waals surface area contributed by atoms with Gasteiger partial charge < -0.3 is 19.1 Å². The van der Waals surface area contributed by atoms with E-state index in [2.05, 4.69) is 27.7 Å². The Morgan fingerprint density at radius 3 is 2.54 bits per heavy atom. The van der Waals surface area contributed by atoms with Gasteiger partial charge in [0.15, 0.2) is 5.56 Å². The van der Waals surface area contributed by atoms with E-state index in [1.54, 1.807) is 4.57 Å². The van der Waals surface area contributed by atoms with Gasteiger partial charge in [-0.3, -0.25) is 4.79 Å². The summed E-state index contributed by atoms with van der Waals surface area (Å²) in [5, 5.41) is 11.5. The number of carbonyl (C=O) groups excluding carboxylic acids is 1. The number of fused-ring (bicyclic) bond motifs is 3. The minimum Gasteiger partial charge on any atom is -0.506 e. The molecule has 0 aliphatic heterocycles. The average Bonchev–Trinajstić information content (AvgIpc) is 2.86. The van der Waals surface area contributed by atoms with Gasteiger partial charge in [-0.15, -0.1) is 0 Å². The van der Waals surface area contributed by atoms with Crippen LogP contribution in [0.3, 0.4) is 0 Å². The van der Waals surface area contributed by atoms with Crippen LogP contribution in [0, 0.1) is 12.3 Å². The Bertz CT molecular complexity index is 1370. The summed E-state index contributed by atoms with van der Waals surface area (Å²) in [5.74, 6) is -0.622. The van der Waals surface area contributed by atoms with Crippen LogP contribution >= 0.6 is 0 Å². The van der Waals surface area contributed by atoms with Crippen LogP contribution < -0.4 is 10.3 Å². The summed E-state index contributed by atoms with van der Waals surface area (Å²) in [7, 11) is 1.21. The Balaban J connectivity index is 2.06. The second-order valence-electron chi connectivity index (χ2n) is 10.8. The van der Waals surface area contributed by atoms with Gasteiger partial charge in [-0.25, -0.2) is 9.78 Å². The van der Waals surface area contributed by atoms with Crippen molar-refractivity contribution in [2.24, 2.45) is 5.41 Å². The largest absolute Gasteiger partial charge is 0.506 e. The molecule has 2 heterocycles. The summed E-state index contributed by atoms with van der Waals surface area (Å²) in [6.45, 7) is 11.1. The number of methoxy groups -OCH3 is 1. The summed E-state index contributed by atoms with van der Waals surface area (Å²) in [6, 6.07) is 11.6. The molecule has 1 aliphatic carbocycles. The SMILES string of the molecule is CCCCOc1cc2c(nc1C)-c1c(c(O)c(C(=O)OC)c(=O)n1Cc1ccccc1)C(C(C)(C)C)C2. The number of nitrogens with zero attached hydrogens (tertiary/aromatic N) is 2. The molecule has 0 amide bonds. The fourth-order valence-electron chi connectivity index (χ4n) is 5.04. The number of aromatic nitrogens is 2. The summed E-state index contributed by atoms with van der Waals surface area (Å²) in [5.41, 5.74) is 3.06. The lowest BCUT2D eigenvalue weighted by molar-refractivity contribution is 0.0594. The van der Waals surface area contributed by atoms with Crippen molar-refractivity contribution >= 4 is 5.97 Å². The number of carbonyl (C=O) groups is 1. The molecule has 1 aliphatic rings. The standard InChI is InChI=1S/C30H36N2O5/c1-7-8-14-37-22-16-20-15-21(30(3,4)5)23-26(25(20)31-18(22)2)32(17-19-12-10-9-11-13-19)28(34)24(27(23)33)29(35)36-6/h9-13,16,21,33H,7-8,14-15,17H2,1-6H3. The van der Waals surface area contributed by atoms with Gasteiger partial charge in [0.1, 0.15) is 11.5 Å². The molecule has 0 fully saturated rings. The summed E-state index contributed by atoms with van der Waals surface area (Å²) in [6.07, 6.45) is 2.57. The molecule has 1 atom stereocenters. The minimum atomic E-state index is -0.852. The van der Waals surface area contributed by atoms with E-state index in [0.717, 1.165) is 29.7 Å². The number of esters is 1. The Labute approximate surface area is 218 Å². The Morgan fingerprint density at radius 2 is 1.92 bits per heavy atom. The normalized spacial score (nSPS) is 14.6. The molecule has 0 saturated heterocycles. The highest BCUT2D eigenvalue weighted by Gasteiger charge is 2.41. The molecule has 1 aromatic carbocycles. The number of aryl methyl sites for hydroxylation is 1. The molecule has 0 saturated carbocycles. The number of pyridine rings is 2. The highest BCUT2D eigenvalue weighted by molar-refractivity contribution is 5.94. The molecule has 0 radical (unpaired) electrons. The molecule has 1 unspecified atom stereocenters. The molecular formula is C30H36N2O5. The van der Waals surface area contributed by atoms with Gasteiger partial charge in [-0.05, 0) is 48.3 Å². The van der Waals surface area contributed by atoms with Crippen LogP contribution in [-0.2, 0) is 17.7 Å². The van der Waals surface area contributed by atoms with Crippen LogP contribution in [0.1, 0.15) is 79.2 Å². The number of hydrogen-bond donors (Lipinski definition) is 1. The zero-order valence-electron chi connectivity index (χ0n) is 22.6. The summed E-state index contributed by atoms with van der Waals surface area (Å²) in [4.78, 5) is 31.5. The van der Waals surface area contributed by atoms with Gasteiger partial charge >= 0.3 is 5.97 Å². The number of rotatable bonds is 7. The molecule has 37 heavy (non-hydrogen) atoms. The van der Waals surface area contributed by atoms with Gasteiger partial charge in [0.25, 0.3) is 5.56 Å². The van der Waals surface area contributed by atoms with Gasteiger partial charge in [-0.1, -0.05) is 64.4 Å². The average molecular weight is 505 g/mol. The fourth-order valence-corrected chi connectivity index (χ4v) is 5.04. The van der Waals surface area contributed by atoms with Crippen molar-refractivity contribution in [1.29, 1.82) is 0 Å². The van der Waals surface area contributed by atoms with E-state index in [4.69, 9.17) is 14.5 Å². The Kier molecular flexibility index (Phi) is 7.44. The van der Waals surface area contributed by atoms with Gasteiger partial charge in [-0.2, -0.15) is 0 Å². The lowest BCUT2D eigenvalue weighted by Gasteiger charge is -2.38. The Morgan fingerprint density at radius 1 is 1.22 bits per heavy atom. The predicted octanol–water partition coefficient (Wildman–Crippen LogP) is 5.62. The first-order valence-electron chi connectivity index (χ1n) is 12.8. The molecule has 7 nitrogen and oxygen atoms in total. The fraction of sp³-hybridized carbons (Fsp3) is 0.433. The van der Waals surface area contributed by atoms with E-state index in [1.807, 2.05) is 43.3 Å². The molecule has 1 N–H and O–H groups in total. The maximum absolute atomic E-state index is 13.8. The molecule has 0 spiro atoms. The van der Waals surface area contributed by atoms with Crippen molar-refractivity contribution in [3.8, 4) is 22.9 Å². The number of benzene rings is 1. The van der Waals surface area contributed by atoms with Crippen molar-refractivity contribution in [2.45, 2.75) is 66.3 Å². The highest BCUT2D eigenvalue weighted by atomic mass is 16.5.